The van der Waals surface area contributed by atoms with E-state index in [1.54, 1.807) is 0 Å². The summed E-state index contributed by atoms with van der Waals surface area (Å²) < 4.78 is 7.74. The van der Waals surface area contributed by atoms with Gasteiger partial charge in [0.1, 0.15) is 6.10 Å². The van der Waals surface area contributed by atoms with Crippen molar-refractivity contribution in [1.82, 2.24) is 19.6 Å². The van der Waals surface area contributed by atoms with Crippen molar-refractivity contribution in [2.75, 3.05) is 5.75 Å². The van der Waals surface area contributed by atoms with Crippen molar-refractivity contribution in [3.05, 3.63) is 17.5 Å². The van der Waals surface area contributed by atoms with Crippen molar-refractivity contribution in [2.24, 2.45) is 17.8 Å². The molecule has 0 saturated heterocycles. The van der Waals surface area contributed by atoms with E-state index in [-0.39, 0.29) is 17.8 Å². The highest BCUT2D eigenvalue weighted by atomic mass is 32.2. The molecule has 0 N–H and O–H groups in total. The smallest absolute Gasteiger partial charge is 0.316 e. The van der Waals surface area contributed by atoms with Crippen molar-refractivity contribution in [1.29, 1.82) is 0 Å². The van der Waals surface area contributed by atoms with Gasteiger partial charge in [-0.05, 0) is 50.5 Å². The van der Waals surface area contributed by atoms with Gasteiger partial charge < -0.3 is 4.74 Å². The Balaban J connectivity index is 1.64. The molecular formula is C19H28N4O2S. The van der Waals surface area contributed by atoms with E-state index >= 15 is 0 Å². The number of carbonyl (C=O) groups excluding carboxylic acids is 1. The molecule has 26 heavy (non-hydrogen) atoms. The molecule has 2 aromatic rings. The zero-order valence-electron chi connectivity index (χ0n) is 16.2. The molecular weight excluding hydrogens is 348 g/mol. The molecule has 0 radical (unpaired) electrons. The van der Waals surface area contributed by atoms with E-state index in [1.807, 2.05) is 24.3 Å². The highest BCUT2D eigenvalue weighted by Gasteiger charge is 2.33. The first-order chi connectivity index (χ1) is 12.3. The van der Waals surface area contributed by atoms with Crippen LogP contribution in [0.5, 0.6) is 0 Å². The van der Waals surface area contributed by atoms with E-state index in [1.165, 1.54) is 18.2 Å². The van der Waals surface area contributed by atoms with Gasteiger partial charge in [-0.25, -0.2) is 4.98 Å². The first-order valence-corrected chi connectivity index (χ1v) is 10.4. The Bertz CT molecular complexity index is 789. The average molecular weight is 377 g/mol. The van der Waals surface area contributed by atoms with Crippen LogP contribution in [-0.2, 0) is 9.53 Å². The van der Waals surface area contributed by atoms with Gasteiger partial charge in [-0.1, -0.05) is 39.0 Å². The maximum absolute atomic E-state index is 12.4. The third-order valence-electron chi connectivity index (χ3n) is 5.23. The largest absolute Gasteiger partial charge is 0.461 e. The van der Waals surface area contributed by atoms with E-state index in [2.05, 4.69) is 36.0 Å². The molecule has 2 aromatic heterocycles. The lowest BCUT2D eigenvalue weighted by Gasteiger charge is -2.36. The van der Waals surface area contributed by atoms with E-state index in [0.717, 1.165) is 24.2 Å². The number of carbonyl (C=O) groups is 1. The second kappa shape index (κ2) is 7.94. The summed E-state index contributed by atoms with van der Waals surface area (Å²) in [6.07, 6.45) is 3.37. The van der Waals surface area contributed by atoms with Crippen LogP contribution in [0.3, 0.4) is 0 Å². The second-order valence-electron chi connectivity index (χ2n) is 7.80. The standard InChI is InChI=1S/C19H28N4O2S/c1-11(2)15-7-6-12(3)8-16(15)25-17(24)10-26-19-22-21-18-20-13(4)9-14(5)23(18)19/h9,11-12,15-16H,6-8,10H2,1-5H3/t12-,15+,16+/m0/s1. The minimum Gasteiger partial charge on any atom is -0.461 e. The molecule has 3 rings (SSSR count). The minimum absolute atomic E-state index is 0.0352. The fraction of sp³-hybridized carbons (Fsp3) is 0.684. The summed E-state index contributed by atoms with van der Waals surface area (Å²) in [5, 5.41) is 8.96. The van der Waals surface area contributed by atoms with Crippen molar-refractivity contribution < 1.29 is 9.53 Å². The molecule has 1 aliphatic rings. The maximum atomic E-state index is 12.4. The van der Waals surface area contributed by atoms with Gasteiger partial charge >= 0.3 is 5.97 Å². The lowest BCUT2D eigenvalue weighted by Crippen LogP contribution is -2.36. The molecule has 0 spiro atoms. The van der Waals surface area contributed by atoms with Gasteiger partial charge in [0.2, 0.25) is 0 Å². The Kier molecular flexibility index (Phi) is 5.85. The van der Waals surface area contributed by atoms with E-state index in [9.17, 15) is 4.79 Å². The molecule has 1 aliphatic carbocycles. The van der Waals surface area contributed by atoms with Crippen LogP contribution in [-0.4, -0.2) is 37.4 Å². The molecule has 0 aromatic carbocycles. The fourth-order valence-electron chi connectivity index (χ4n) is 3.87. The highest BCUT2D eigenvalue weighted by Crippen LogP contribution is 2.35. The quantitative estimate of drug-likeness (QED) is 0.583. The van der Waals surface area contributed by atoms with Crippen molar-refractivity contribution in [3.63, 3.8) is 0 Å². The molecule has 0 amide bonds. The van der Waals surface area contributed by atoms with Crippen LogP contribution in [0.4, 0.5) is 0 Å². The van der Waals surface area contributed by atoms with Crippen LogP contribution in [0.25, 0.3) is 5.78 Å². The summed E-state index contributed by atoms with van der Waals surface area (Å²) in [7, 11) is 0. The second-order valence-corrected chi connectivity index (χ2v) is 8.74. The monoisotopic (exact) mass is 376 g/mol. The Morgan fingerprint density at radius 1 is 1.35 bits per heavy atom. The summed E-state index contributed by atoms with van der Waals surface area (Å²) in [5.41, 5.74) is 1.92. The number of ether oxygens (including phenoxy) is 1. The summed E-state index contributed by atoms with van der Waals surface area (Å²) in [5.74, 6) is 2.25. The number of nitrogens with zero attached hydrogens (tertiary/aromatic N) is 4. The number of rotatable bonds is 5. The van der Waals surface area contributed by atoms with E-state index in [4.69, 9.17) is 4.74 Å². The third kappa shape index (κ3) is 4.19. The van der Waals surface area contributed by atoms with E-state index < -0.39 is 0 Å². The Morgan fingerprint density at radius 3 is 2.85 bits per heavy atom. The van der Waals surface area contributed by atoms with Gasteiger partial charge in [0, 0.05) is 11.4 Å². The summed E-state index contributed by atoms with van der Waals surface area (Å²) in [4.78, 5) is 16.8. The van der Waals surface area contributed by atoms with Crippen molar-refractivity contribution in [2.45, 2.75) is 65.1 Å². The fourth-order valence-corrected chi connectivity index (χ4v) is 4.64. The van der Waals surface area contributed by atoms with E-state index in [0.29, 0.717) is 28.7 Å². The summed E-state index contributed by atoms with van der Waals surface area (Å²) >= 11 is 1.36. The van der Waals surface area contributed by atoms with Crippen LogP contribution in [0.2, 0.25) is 0 Å². The van der Waals surface area contributed by atoms with Crippen LogP contribution in [0, 0.1) is 31.6 Å². The molecule has 0 bridgehead atoms. The lowest BCUT2D eigenvalue weighted by molar-refractivity contribution is -0.152. The van der Waals surface area contributed by atoms with Crippen molar-refractivity contribution in [3.8, 4) is 0 Å². The molecule has 7 heteroatoms. The molecule has 0 unspecified atom stereocenters. The molecule has 142 valence electrons. The van der Waals surface area contributed by atoms with Crippen LogP contribution >= 0.6 is 11.8 Å². The van der Waals surface area contributed by atoms with Gasteiger partial charge in [-0.2, -0.15) is 0 Å². The Labute approximate surface area is 159 Å². The molecule has 1 fully saturated rings. The number of aryl methyl sites for hydroxylation is 2. The zero-order chi connectivity index (χ0) is 18.8. The number of fused-ring (bicyclic) bond motifs is 1. The van der Waals surface area contributed by atoms with Crippen molar-refractivity contribution >= 4 is 23.5 Å². The van der Waals surface area contributed by atoms with Gasteiger partial charge in [0.05, 0.1) is 5.75 Å². The predicted molar refractivity (Wildman–Crippen MR) is 102 cm³/mol. The van der Waals surface area contributed by atoms with Gasteiger partial charge in [-0.3, -0.25) is 9.20 Å². The number of hydrogen-bond acceptors (Lipinski definition) is 6. The highest BCUT2D eigenvalue weighted by molar-refractivity contribution is 7.99. The number of esters is 1. The van der Waals surface area contributed by atoms with Gasteiger partial charge in [-0.15, -0.1) is 10.2 Å². The molecule has 3 atom stereocenters. The normalized spacial score (nSPS) is 23.5. The maximum Gasteiger partial charge on any atom is 0.316 e. The van der Waals surface area contributed by atoms with Crippen LogP contribution in [0.15, 0.2) is 11.2 Å². The summed E-state index contributed by atoms with van der Waals surface area (Å²) in [6.45, 7) is 10.6. The first-order valence-electron chi connectivity index (χ1n) is 9.36. The van der Waals surface area contributed by atoms with Crippen LogP contribution < -0.4 is 0 Å². The minimum atomic E-state index is -0.172. The molecule has 6 nitrogen and oxygen atoms in total. The zero-order valence-corrected chi connectivity index (χ0v) is 17.0. The number of thioether (sulfide) groups is 1. The number of hydrogen-bond donors (Lipinski definition) is 0. The van der Waals surface area contributed by atoms with Gasteiger partial charge in [0.25, 0.3) is 5.78 Å². The molecule has 2 heterocycles. The average Bonchev–Trinajstić information content (AvgIpc) is 2.95. The summed E-state index contributed by atoms with van der Waals surface area (Å²) in [6, 6.07) is 1.98. The molecule has 0 aliphatic heterocycles. The van der Waals surface area contributed by atoms with Crippen LogP contribution in [0.1, 0.15) is 51.4 Å². The van der Waals surface area contributed by atoms with Gasteiger partial charge in [0.15, 0.2) is 5.16 Å². The first kappa shape index (κ1) is 19.1. The molecule has 1 saturated carbocycles. The third-order valence-corrected chi connectivity index (χ3v) is 6.13. The Hall–Kier alpha value is -1.63. The SMILES string of the molecule is Cc1cc(C)n2c(SCC(=O)O[C@@H]3C[C@@H](C)CC[C@@H]3C(C)C)nnc2n1. The lowest BCUT2D eigenvalue weighted by atomic mass is 9.75. The number of aromatic nitrogens is 4. The predicted octanol–water partition coefficient (Wildman–Crippen LogP) is 3.84. The topological polar surface area (TPSA) is 69.4 Å². The Morgan fingerprint density at radius 2 is 2.12 bits per heavy atom.